The lowest BCUT2D eigenvalue weighted by Gasteiger charge is -2.26. The minimum atomic E-state index is -2.99. The molecule has 0 saturated carbocycles. The highest BCUT2D eigenvalue weighted by Gasteiger charge is 2.25. The number of pyridine rings is 2. The van der Waals surface area contributed by atoms with Gasteiger partial charge in [0.05, 0.1) is 43.5 Å². The molecule has 0 aliphatic carbocycles. The van der Waals surface area contributed by atoms with E-state index in [4.69, 9.17) is 28.7 Å². The number of aromatic nitrogens is 2. The van der Waals surface area contributed by atoms with Crippen molar-refractivity contribution < 1.29 is 33.3 Å². The van der Waals surface area contributed by atoms with Crippen molar-refractivity contribution in [3.63, 3.8) is 0 Å². The monoisotopic (exact) mass is 466 g/mol. The van der Waals surface area contributed by atoms with Crippen LogP contribution in [0, 0.1) is 0 Å². The van der Waals surface area contributed by atoms with Gasteiger partial charge in [0.25, 0.3) is 0 Å². The standard InChI is InChI=1S/C20H27N4O7P/c25-7-9-28-15-5-6-22-14-2-4-18(24-20(14)15)31-32(27)30-17-3-1-13-11-21-12-16(19(13)23-17)29-10-8-26/h1-4,15-16,21-22,25-26,32H,5-12H2. The zero-order valence-electron chi connectivity index (χ0n) is 17.5. The second-order valence-electron chi connectivity index (χ2n) is 7.24. The van der Waals surface area contributed by atoms with Crippen LogP contribution in [0.1, 0.15) is 35.6 Å². The number of hydrogen-bond donors (Lipinski definition) is 4. The maximum absolute atomic E-state index is 12.5. The van der Waals surface area contributed by atoms with Gasteiger partial charge in [0.1, 0.15) is 12.2 Å². The van der Waals surface area contributed by atoms with Crippen molar-refractivity contribution in [1.82, 2.24) is 15.3 Å². The van der Waals surface area contributed by atoms with Crippen LogP contribution in [0.5, 0.6) is 11.8 Å². The van der Waals surface area contributed by atoms with Crippen LogP contribution in [0.4, 0.5) is 5.69 Å². The molecule has 4 rings (SSSR count). The SMILES string of the molecule is O=[PH](Oc1ccc2c(n1)C(OCCO)CNC2)Oc1ccc2c(n1)C(OCCO)CCN2. The summed E-state index contributed by atoms with van der Waals surface area (Å²) in [5.41, 5.74) is 3.09. The Hall–Kier alpha value is -2.27. The van der Waals surface area contributed by atoms with E-state index in [1.165, 1.54) is 0 Å². The Bertz CT molecular complexity index is 875. The van der Waals surface area contributed by atoms with E-state index in [9.17, 15) is 4.57 Å². The quantitative estimate of drug-likeness (QED) is 0.377. The molecule has 0 radical (unpaired) electrons. The van der Waals surface area contributed by atoms with Gasteiger partial charge in [-0.1, -0.05) is 6.07 Å². The maximum Gasteiger partial charge on any atom is 0.421 e. The lowest BCUT2D eigenvalue weighted by molar-refractivity contribution is 0.0210. The van der Waals surface area contributed by atoms with E-state index in [0.29, 0.717) is 30.9 Å². The zero-order chi connectivity index (χ0) is 22.3. The highest BCUT2D eigenvalue weighted by molar-refractivity contribution is 7.34. The summed E-state index contributed by atoms with van der Waals surface area (Å²) in [6.07, 6.45) is 0.0862. The number of anilines is 1. The van der Waals surface area contributed by atoms with E-state index in [1.54, 1.807) is 18.2 Å². The number of ether oxygens (including phenoxy) is 2. The molecular formula is C20H27N4O7P. The molecule has 3 unspecified atom stereocenters. The molecule has 0 amide bonds. The van der Waals surface area contributed by atoms with Crippen LogP contribution < -0.4 is 19.7 Å². The summed E-state index contributed by atoms with van der Waals surface area (Å²) < 4.78 is 34.7. The lowest BCUT2D eigenvalue weighted by atomic mass is 10.1. The van der Waals surface area contributed by atoms with E-state index < -0.39 is 8.25 Å². The fourth-order valence-electron chi connectivity index (χ4n) is 3.67. The molecule has 174 valence electrons. The minimum absolute atomic E-state index is 0.0767. The Balaban J connectivity index is 1.43. The highest BCUT2D eigenvalue weighted by atomic mass is 31.1. The van der Waals surface area contributed by atoms with Crippen LogP contribution in [0.15, 0.2) is 24.3 Å². The predicted octanol–water partition coefficient (Wildman–Crippen LogP) is 1.34. The first-order valence-corrected chi connectivity index (χ1v) is 11.7. The average Bonchev–Trinajstić information content (AvgIpc) is 2.81. The van der Waals surface area contributed by atoms with E-state index in [-0.39, 0.29) is 50.4 Å². The molecular weight excluding hydrogens is 439 g/mol. The Kier molecular flexibility index (Phi) is 7.90. The van der Waals surface area contributed by atoms with E-state index in [2.05, 4.69) is 20.6 Å². The van der Waals surface area contributed by atoms with Gasteiger partial charge in [-0.2, -0.15) is 0 Å². The normalized spacial score (nSPS) is 20.6. The van der Waals surface area contributed by atoms with Crippen LogP contribution in [-0.4, -0.2) is 59.7 Å². The van der Waals surface area contributed by atoms with Gasteiger partial charge in [-0.15, -0.1) is 0 Å². The van der Waals surface area contributed by atoms with Gasteiger partial charge in [0.15, 0.2) is 0 Å². The molecule has 0 aromatic carbocycles. The summed E-state index contributed by atoms with van der Waals surface area (Å²) in [6.45, 7) is 2.17. The van der Waals surface area contributed by atoms with E-state index in [1.807, 2.05) is 6.07 Å². The number of nitrogens with zero attached hydrogens (tertiary/aromatic N) is 2. The molecule has 4 N–H and O–H groups in total. The van der Waals surface area contributed by atoms with Gasteiger partial charge >= 0.3 is 8.25 Å². The van der Waals surface area contributed by atoms with Gasteiger partial charge < -0.3 is 39.4 Å². The molecule has 3 atom stereocenters. The first-order valence-electron chi connectivity index (χ1n) is 10.5. The second-order valence-corrected chi connectivity index (χ2v) is 8.15. The van der Waals surface area contributed by atoms with Crippen molar-refractivity contribution in [1.29, 1.82) is 0 Å². The van der Waals surface area contributed by atoms with Crippen molar-refractivity contribution >= 4 is 13.9 Å². The van der Waals surface area contributed by atoms with Crippen molar-refractivity contribution in [3.8, 4) is 11.8 Å². The number of fused-ring (bicyclic) bond motifs is 2. The van der Waals surface area contributed by atoms with Gasteiger partial charge in [0, 0.05) is 31.8 Å². The van der Waals surface area contributed by atoms with Gasteiger partial charge in [-0.3, -0.25) is 0 Å². The summed E-state index contributed by atoms with van der Waals surface area (Å²) >= 11 is 0. The molecule has 12 heteroatoms. The first-order chi connectivity index (χ1) is 15.7. The summed E-state index contributed by atoms with van der Waals surface area (Å²) in [4.78, 5) is 8.87. The third kappa shape index (κ3) is 5.55. The fourth-order valence-corrected chi connectivity index (χ4v) is 4.28. The van der Waals surface area contributed by atoms with Crippen LogP contribution >= 0.6 is 8.25 Å². The Morgan fingerprint density at radius 3 is 2.41 bits per heavy atom. The van der Waals surface area contributed by atoms with Gasteiger partial charge in [0.2, 0.25) is 11.8 Å². The maximum atomic E-state index is 12.5. The lowest BCUT2D eigenvalue weighted by Crippen LogP contribution is -2.31. The van der Waals surface area contributed by atoms with Crippen LogP contribution in [0.2, 0.25) is 0 Å². The third-order valence-electron chi connectivity index (χ3n) is 5.06. The number of hydrogen-bond acceptors (Lipinski definition) is 11. The second kappa shape index (κ2) is 11.0. The molecule has 2 aliphatic rings. The van der Waals surface area contributed by atoms with Crippen LogP contribution in [0.25, 0.3) is 0 Å². The summed E-state index contributed by atoms with van der Waals surface area (Å²) in [6, 6.07) is 6.86. The molecule has 2 aliphatic heterocycles. The predicted molar refractivity (Wildman–Crippen MR) is 115 cm³/mol. The van der Waals surface area contributed by atoms with Gasteiger partial charge in [-0.05, 0) is 18.1 Å². The number of rotatable bonds is 10. The average molecular weight is 466 g/mol. The molecule has 0 fully saturated rings. The summed E-state index contributed by atoms with van der Waals surface area (Å²) in [7, 11) is -2.99. The van der Waals surface area contributed by atoms with Crippen LogP contribution in [-0.2, 0) is 20.6 Å². The topological polar surface area (TPSA) is 144 Å². The Morgan fingerprint density at radius 1 is 0.969 bits per heavy atom. The number of aliphatic hydroxyl groups excluding tert-OH is 2. The molecule has 32 heavy (non-hydrogen) atoms. The molecule has 11 nitrogen and oxygen atoms in total. The molecule has 2 aromatic rings. The number of nitrogens with one attached hydrogen (secondary N) is 2. The largest absolute Gasteiger partial charge is 0.421 e. The number of aliphatic hydroxyl groups is 2. The van der Waals surface area contributed by atoms with Crippen molar-refractivity contribution in [2.24, 2.45) is 0 Å². The third-order valence-corrected chi connectivity index (χ3v) is 5.81. The summed E-state index contributed by atoms with van der Waals surface area (Å²) in [5, 5.41) is 24.5. The summed E-state index contributed by atoms with van der Waals surface area (Å²) in [5.74, 6) is 0.316. The van der Waals surface area contributed by atoms with E-state index in [0.717, 1.165) is 17.8 Å². The zero-order valence-corrected chi connectivity index (χ0v) is 18.5. The van der Waals surface area contributed by atoms with Crippen molar-refractivity contribution in [2.45, 2.75) is 25.2 Å². The molecule has 0 saturated heterocycles. The molecule has 0 spiro atoms. The van der Waals surface area contributed by atoms with E-state index >= 15 is 0 Å². The molecule has 0 bridgehead atoms. The first kappa shape index (κ1) is 22.9. The fraction of sp³-hybridized carbons (Fsp3) is 0.500. The van der Waals surface area contributed by atoms with Crippen molar-refractivity contribution in [3.05, 3.63) is 41.2 Å². The minimum Gasteiger partial charge on any atom is -0.399 e. The smallest absolute Gasteiger partial charge is 0.399 e. The van der Waals surface area contributed by atoms with Gasteiger partial charge in [-0.25, -0.2) is 14.5 Å². The van der Waals surface area contributed by atoms with Crippen molar-refractivity contribution in [2.75, 3.05) is 44.8 Å². The Labute approximate surface area is 186 Å². The van der Waals surface area contributed by atoms with Crippen LogP contribution in [0.3, 0.4) is 0 Å². The highest BCUT2D eigenvalue weighted by Crippen LogP contribution is 2.36. The molecule has 4 heterocycles. The molecule has 2 aromatic heterocycles. The Morgan fingerprint density at radius 2 is 1.66 bits per heavy atom.